The lowest BCUT2D eigenvalue weighted by atomic mass is 10.2. The van der Waals surface area contributed by atoms with Gasteiger partial charge in [-0.05, 0) is 39.3 Å². The van der Waals surface area contributed by atoms with Gasteiger partial charge in [0.05, 0.1) is 5.69 Å². The van der Waals surface area contributed by atoms with E-state index < -0.39 is 11.7 Å². The predicted molar refractivity (Wildman–Crippen MR) is 66.2 cm³/mol. The van der Waals surface area contributed by atoms with Crippen molar-refractivity contribution in [3.05, 3.63) is 17.2 Å². The fourth-order valence-electron chi connectivity index (χ4n) is 1.27. The van der Waals surface area contributed by atoms with E-state index in [4.69, 9.17) is 16.3 Å². The second kappa shape index (κ2) is 5.40. The number of hydrogen-bond acceptors (Lipinski definition) is 3. The first-order valence-electron chi connectivity index (χ1n) is 5.44. The van der Waals surface area contributed by atoms with Crippen molar-refractivity contribution in [1.82, 2.24) is 14.9 Å². The molecule has 0 spiro atoms. The van der Waals surface area contributed by atoms with E-state index >= 15 is 0 Å². The molecule has 96 valence electrons. The molecule has 1 N–H and O–H groups in total. The first-order valence-corrected chi connectivity index (χ1v) is 5.82. The summed E-state index contributed by atoms with van der Waals surface area (Å²) in [5.41, 5.74) is 0.375. The third-order valence-electron chi connectivity index (χ3n) is 1.87. The summed E-state index contributed by atoms with van der Waals surface area (Å²) in [7, 11) is 0. The summed E-state index contributed by atoms with van der Waals surface area (Å²) in [4.78, 5) is 15.4. The first kappa shape index (κ1) is 13.8. The van der Waals surface area contributed by atoms with Crippen molar-refractivity contribution in [3.63, 3.8) is 0 Å². The number of ether oxygens (including phenoxy) is 1. The van der Waals surface area contributed by atoms with Crippen LogP contribution in [0.5, 0.6) is 0 Å². The average molecular weight is 260 g/mol. The van der Waals surface area contributed by atoms with Crippen molar-refractivity contribution < 1.29 is 9.53 Å². The van der Waals surface area contributed by atoms with E-state index in [1.54, 1.807) is 4.57 Å². The van der Waals surface area contributed by atoms with Crippen molar-refractivity contribution >= 4 is 17.7 Å². The molecule has 1 amide bonds. The largest absolute Gasteiger partial charge is 0.444 e. The molecule has 1 aromatic heterocycles. The Labute approximate surface area is 106 Å². The second-order valence-electron chi connectivity index (χ2n) is 4.77. The SMILES string of the molecule is Cc1cn(CCNC(=O)OC(C)(C)C)c(Cl)n1. The average Bonchev–Trinajstić information content (AvgIpc) is 2.42. The van der Waals surface area contributed by atoms with Crippen LogP contribution in [0, 0.1) is 6.92 Å². The Bertz CT molecular complexity index is 396. The van der Waals surface area contributed by atoms with Gasteiger partial charge in [0.15, 0.2) is 0 Å². The lowest BCUT2D eigenvalue weighted by Gasteiger charge is -2.19. The number of hydrogen-bond donors (Lipinski definition) is 1. The summed E-state index contributed by atoms with van der Waals surface area (Å²) >= 11 is 5.87. The minimum Gasteiger partial charge on any atom is -0.444 e. The highest BCUT2D eigenvalue weighted by Gasteiger charge is 2.15. The lowest BCUT2D eigenvalue weighted by molar-refractivity contribution is 0.0526. The number of imidazole rings is 1. The van der Waals surface area contributed by atoms with Gasteiger partial charge in [-0.15, -0.1) is 0 Å². The number of nitrogens with zero attached hydrogens (tertiary/aromatic N) is 2. The van der Waals surface area contributed by atoms with Crippen LogP contribution in [-0.4, -0.2) is 27.8 Å². The molecule has 5 nitrogen and oxygen atoms in total. The van der Waals surface area contributed by atoms with Gasteiger partial charge in [0.25, 0.3) is 0 Å². The topological polar surface area (TPSA) is 56.2 Å². The van der Waals surface area contributed by atoms with Crippen LogP contribution in [-0.2, 0) is 11.3 Å². The Morgan fingerprint density at radius 3 is 2.71 bits per heavy atom. The van der Waals surface area contributed by atoms with Gasteiger partial charge in [0, 0.05) is 19.3 Å². The number of alkyl carbamates (subject to hydrolysis) is 1. The molecule has 0 atom stereocenters. The smallest absolute Gasteiger partial charge is 0.407 e. The van der Waals surface area contributed by atoms with Crippen LogP contribution in [0.25, 0.3) is 0 Å². The third kappa shape index (κ3) is 5.08. The molecule has 6 heteroatoms. The molecule has 17 heavy (non-hydrogen) atoms. The molecule has 1 aromatic rings. The summed E-state index contributed by atoms with van der Waals surface area (Å²) in [6.07, 6.45) is 1.41. The highest BCUT2D eigenvalue weighted by atomic mass is 35.5. The molecular weight excluding hydrogens is 242 g/mol. The van der Waals surface area contributed by atoms with Crippen LogP contribution in [0.1, 0.15) is 26.5 Å². The second-order valence-corrected chi connectivity index (χ2v) is 5.11. The fraction of sp³-hybridized carbons (Fsp3) is 0.636. The summed E-state index contributed by atoms with van der Waals surface area (Å²) in [5.74, 6) is 0. The number of carbonyl (C=O) groups excluding carboxylic acids is 1. The summed E-state index contributed by atoms with van der Waals surface area (Å²) < 4.78 is 6.88. The standard InChI is InChI=1S/C11H18ClN3O2/c1-8-7-15(9(12)14-8)6-5-13-10(16)17-11(2,3)4/h7H,5-6H2,1-4H3,(H,13,16). The molecule has 1 rings (SSSR count). The molecule has 0 aliphatic heterocycles. The Morgan fingerprint density at radius 1 is 1.59 bits per heavy atom. The van der Waals surface area contributed by atoms with Crippen LogP contribution in [0.3, 0.4) is 0 Å². The summed E-state index contributed by atoms with van der Waals surface area (Å²) in [6.45, 7) is 8.35. The molecule has 0 bridgehead atoms. The third-order valence-corrected chi connectivity index (χ3v) is 2.17. The number of aromatic nitrogens is 2. The molecular formula is C11H18ClN3O2. The van der Waals surface area contributed by atoms with Gasteiger partial charge >= 0.3 is 6.09 Å². The molecule has 0 unspecified atom stereocenters. The maximum absolute atomic E-state index is 11.3. The number of halogens is 1. The highest BCUT2D eigenvalue weighted by molar-refractivity contribution is 6.28. The van der Waals surface area contributed by atoms with E-state index in [2.05, 4.69) is 10.3 Å². The number of aryl methyl sites for hydroxylation is 1. The van der Waals surface area contributed by atoms with Gasteiger partial charge < -0.3 is 14.6 Å². The quantitative estimate of drug-likeness (QED) is 0.907. The maximum atomic E-state index is 11.3. The Balaban J connectivity index is 2.33. The van der Waals surface area contributed by atoms with Crippen molar-refractivity contribution in [1.29, 1.82) is 0 Å². The van der Waals surface area contributed by atoms with E-state index in [0.29, 0.717) is 18.4 Å². The van der Waals surface area contributed by atoms with Gasteiger partial charge in [0.2, 0.25) is 5.28 Å². The Hall–Kier alpha value is -1.23. The van der Waals surface area contributed by atoms with E-state index in [9.17, 15) is 4.79 Å². The molecule has 0 aromatic carbocycles. The zero-order chi connectivity index (χ0) is 13.1. The van der Waals surface area contributed by atoms with Gasteiger partial charge in [0.1, 0.15) is 5.60 Å². The summed E-state index contributed by atoms with van der Waals surface area (Å²) in [6, 6.07) is 0. The monoisotopic (exact) mass is 259 g/mol. The Morgan fingerprint density at radius 2 is 2.24 bits per heavy atom. The zero-order valence-electron chi connectivity index (χ0n) is 10.6. The molecule has 0 saturated heterocycles. The number of rotatable bonds is 3. The van der Waals surface area contributed by atoms with Crippen molar-refractivity contribution in [2.75, 3.05) is 6.54 Å². The molecule has 0 aliphatic carbocycles. The minimum absolute atomic E-state index is 0.425. The maximum Gasteiger partial charge on any atom is 0.407 e. The van der Waals surface area contributed by atoms with E-state index in [-0.39, 0.29) is 0 Å². The van der Waals surface area contributed by atoms with Crippen molar-refractivity contribution in [2.45, 2.75) is 39.8 Å². The molecule has 0 fully saturated rings. The first-order chi connectivity index (χ1) is 7.78. The van der Waals surface area contributed by atoms with Crippen LogP contribution in [0.15, 0.2) is 6.20 Å². The Kier molecular flexibility index (Phi) is 4.40. The molecule has 0 radical (unpaired) electrons. The van der Waals surface area contributed by atoms with Gasteiger partial charge in [-0.25, -0.2) is 9.78 Å². The molecule has 0 saturated carbocycles. The number of amides is 1. The van der Waals surface area contributed by atoms with Crippen LogP contribution in [0.4, 0.5) is 4.79 Å². The van der Waals surface area contributed by atoms with Crippen LogP contribution >= 0.6 is 11.6 Å². The van der Waals surface area contributed by atoms with Crippen molar-refractivity contribution in [2.24, 2.45) is 0 Å². The van der Waals surface area contributed by atoms with Crippen molar-refractivity contribution in [3.8, 4) is 0 Å². The molecule has 1 heterocycles. The van der Waals surface area contributed by atoms with Crippen LogP contribution < -0.4 is 5.32 Å². The lowest BCUT2D eigenvalue weighted by Crippen LogP contribution is -2.34. The number of carbonyl (C=O) groups is 1. The van der Waals surface area contributed by atoms with E-state index in [1.807, 2.05) is 33.9 Å². The number of nitrogens with one attached hydrogen (secondary N) is 1. The fourth-order valence-corrected chi connectivity index (χ4v) is 1.53. The van der Waals surface area contributed by atoms with E-state index in [0.717, 1.165) is 5.69 Å². The van der Waals surface area contributed by atoms with Crippen LogP contribution in [0.2, 0.25) is 5.28 Å². The highest BCUT2D eigenvalue weighted by Crippen LogP contribution is 2.08. The molecule has 0 aliphatic rings. The summed E-state index contributed by atoms with van der Waals surface area (Å²) in [5, 5.41) is 3.08. The van der Waals surface area contributed by atoms with Gasteiger partial charge in [-0.1, -0.05) is 0 Å². The van der Waals surface area contributed by atoms with Gasteiger partial charge in [-0.2, -0.15) is 0 Å². The predicted octanol–water partition coefficient (Wildman–Crippen LogP) is 2.37. The van der Waals surface area contributed by atoms with E-state index in [1.165, 1.54) is 0 Å². The zero-order valence-corrected chi connectivity index (χ0v) is 11.3. The minimum atomic E-state index is -0.479. The van der Waals surface area contributed by atoms with Gasteiger partial charge in [-0.3, -0.25) is 0 Å². The normalized spacial score (nSPS) is 11.4.